The molecule has 0 aromatic heterocycles. The van der Waals surface area contributed by atoms with Crippen LogP contribution in [0.5, 0.6) is 0 Å². The number of hydrogen-bond donors (Lipinski definition) is 1. The van der Waals surface area contributed by atoms with Crippen LogP contribution in [0.1, 0.15) is 12.8 Å². The van der Waals surface area contributed by atoms with Gasteiger partial charge in [-0.15, -0.1) is 0 Å². The summed E-state index contributed by atoms with van der Waals surface area (Å²) in [7, 11) is 3.60. The van der Waals surface area contributed by atoms with Crippen molar-refractivity contribution in [3.63, 3.8) is 0 Å². The van der Waals surface area contributed by atoms with Crippen LogP contribution in [0.2, 0.25) is 5.02 Å². The Labute approximate surface area is 139 Å². The average Bonchev–Trinajstić information content (AvgIpc) is 2.45. The van der Waals surface area contributed by atoms with E-state index in [9.17, 15) is 4.79 Å². The summed E-state index contributed by atoms with van der Waals surface area (Å²) in [5.74, 6) is 0.169. The van der Waals surface area contributed by atoms with Crippen LogP contribution in [0.4, 0.5) is 5.69 Å². The number of benzene rings is 1. The molecule has 1 fully saturated rings. The first-order valence-electron chi connectivity index (χ1n) is 7.10. The van der Waals surface area contributed by atoms with Gasteiger partial charge in [0.05, 0.1) is 11.6 Å². The second-order valence-electron chi connectivity index (χ2n) is 5.61. The molecule has 0 saturated carbocycles. The van der Waals surface area contributed by atoms with E-state index >= 15 is 0 Å². The van der Waals surface area contributed by atoms with Crippen molar-refractivity contribution in [3.8, 4) is 0 Å². The van der Waals surface area contributed by atoms with Crippen molar-refractivity contribution in [3.05, 3.63) is 27.7 Å². The number of piperidine rings is 1. The third-order valence-electron chi connectivity index (χ3n) is 3.74. The topological polar surface area (TPSA) is 35.6 Å². The van der Waals surface area contributed by atoms with Crippen LogP contribution in [0.25, 0.3) is 0 Å². The average molecular weight is 375 g/mol. The number of nitrogens with zero attached hydrogens (tertiary/aromatic N) is 2. The van der Waals surface area contributed by atoms with Gasteiger partial charge in [-0.1, -0.05) is 11.6 Å². The molecule has 6 heteroatoms. The molecule has 0 bridgehead atoms. The quantitative estimate of drug-likeness (QED) is 0.880. The number of rotatable bonds is 4. The zero-order valence-electron chi connectivity index (χ0n) is 12.4. The van der Waals surface area contributed by atoms with Gasteiger partial charge in [-0.25, -0.2) is 0 Å². The highest BCUT2D eigenvalue weighted by molar-refractivity contribution is 9.10. The molecule has 1 saturated heterocycles. The third-order valence-corrected chi connectivity index (χ3v) is 4.95. The Morgan fingerprint density at radius 1 is 1.43 bits per heavy atom. The highest BCUT2D eigenvalue weighted by Crippen LogP contribution is 2.26. The van der Waals surface area contributed by atoms with Crippen molar-refractivity contribution < 1.29 is 4.79 Å². The van der Waals surface area contributed by atoms with Crippen molar-refractivity contribution in [2.24, 2.45) is 0 Å². The molecule has 21 heavy (non-hydrogen) atoms. The number of anilines is 1. The molecule has 1 aliphatic heterocycles. The molecule has 4 nitrogen and oxygen atoms in total. The summed E-state index contributed by atoms with van der Waals surface area (Å²) in [5.41, 5.74) is 1.08. The molecule has 1 N–H and O–H groups in total. The molecule has 2 rings (SSSR count). The molecular weight excluding hydrogens is 354 g/mol. The van der Waals surface area contributed by atoms with Gasteiger partial charge in [0.15, 0.2) is 0 Å². The first kappa shape index (κ1) is 16.6. The summed E-state index contributed by atoms with van der Waals surface area (Å²) in [6, 6.07) is 6.34. The zero-order valence-corrected chi connectivity index (χ0v) is 14.7. The summed E-state index contributed by atoms with van der Waals surface area (Å²) in [5, 5.41) is 4.25. The summed E-state index contributed by atoms with van der Waals surface area (Å²) in [4.78, 5) is 15.6. The van der Waals surface area contributed by atoms with Crippen LogP contribution in [0.15, 0.2) is 22.7 Å². The number of carbonyl (C=O) groups is 1. The number of halogens is 2. The lowest BCUT2D eigenvalue weighted by molar-refractivity contribution is -0.130. The highest BCUT2D eigenvalue weighted by atomic mass is 79.9. The van der Waals surface area contributed by atoms with Gasteiger partial charge < -0.3 is 10.2 Å². The maximum Gasteiger partial charge on any atom is 0.236 e. The molecule has 1 heterocycles. The van der Waals surface area contributed by atoms with Crippen molar-refractivity contribution in [2.45, 2.75) is 18.9 Å². The maximum absolute atomic E-state index is 11.7. The Kier molecular flexibility index (Phi) is 5.90. The summed E-state index contributed by atoms with van der Waals surface area (Å²) in [6.07, 6.45) is 2.09. The Balaban J connectivity index is 1.81. The first-order chi connectivity index (χ1) is 9.95. The van der Waals surface area contributed by atoms with Crippen LogP contribution in [0, 0.1) is 0 Å². The maximum atomic E-state index is 11.7. The fraction of sp³-hybridized carbons (Fsp3) is 0.533. The van der Waals surface area contributed by atoms with Crippen LogP contribution >= 0.6 is 27.5 Å². The van der Waals surface area contributed by atoms with Crippen LogP contribution in [-0.2, 0) is 4.79 Å². The van der Waals surface area contributed by atoms with Crippen LogP contribution in [0.3, 0.4) is 0 Å². The van der Waals surface area contributed by atoms with Crippen molar-refractivity contribution in [2.75, 3.05) is 39.0 Å². The minimum absolute atomic E-state index is 0.169. The number of amides is 1. The standard InChI is InChI=1S/C15H21BrClN3O/c1-19(2)15(21)10-20-7-5-11(6-8-20)18-12-3-4-14(17)13(16)9-12/h3-4,9,11,18H,5-8,10H2,1-2H3. The highest BCUT2D eigenvalue weighted by Gasteiger charge is 2.21. The van der Waals surface area contributed by atoms with E-state index in [-0.39, 0.29) is 5.91 Å². The second kappa shape index (κ2) is 7.47. The van der Waals surface area contributed by atoms with E-state index in [1.54, 1.807) is 19.0 Å². The minimum Gasteiger partial charge on any atom is -0.382 e. The molecule has 0 unspecified atom stereocenters. The number of likely N-dealkylation sites (tertiary alicyclic amines) is 1. The molecule has 1 aliphatic rings. The van der Waals surface area contributed by atoms with Gasteiger partial charge in [-0.2, -0.15) is 0 Å². The molecule has 1 aromatic rings. The van der Waals surface area contributed by atoms with Crippen LogP contribution < -0.4 is 5.32 Å². The zero-order chi connectivity index (χ0) is 15.4. The molecule has 0 atom stereocenters. The summed E-state index contributed by atoms with van der Waals surface area (Å²) in [6.45, 7) is 2.42. The van der Waals surface area contributed by atoms with Gasteiger partial charge in [0, 0.05) is 43.4 Å². The predicted molar refractivity (Wildman–Crippen MR) is 90.9 cm³/mol. The van der Waals surface area contributed by atoms with Crippen molar-refractivity contribution in [1.82, 2.24) is 9.80 Å². The lowest BCUT2D eigenvalue weighted by atomic mass is 10.0. The predicted octanol–water partition coefficient (Wildman–Crippen LogP) is 3.07. The van der Waals surface area contributed by atoms with Crippen molar-refractivity contribution in [1.29, 1.82) is 0 Å². The molecule has 0 aliphatic carbocycles. The number of hydrogen-bond acceptors (Lipinski definition) is 3. The first-order valence-corrected chi connectivity index (χ1v) is 8.27. The SMILES string of the molecule is CN(C)C(=O)CN1CCC(Nc2ccc(Cl)c(Br)c2)CC1. The Morgan fingerprint density at radius 2 is 2.10 bits per heavy atom. The van der Waals surface area contributed by atoms with Gasteiger partial charge in [-0.05, 0) is 47.0 Å². The number of nitrogens with one attached hydrogen (secondary N) is 1. The van der Waals surface area contributed by atoms with Crippen LogP contribution in [-0.4, -0.2) is 55.5 Å². The Bertz CT molecular complexity index is 502. The van der Waals surface area contributed by atoms with Gasteiger partial charge in [0.25, 0.3) is 0 Å². The Hall–Kier alpha value is -0.780. The van der Waals surface area contributed by atoms with E-state index in [4.69, 9.17) is 11.6 Å². The van der Waals surface area contributed by atoms with E-state index in [2.05, 4.69) is 26.1 Å². The fourth-order valence-corrected chi connectivity index (χ4v) is 2.89. The fourth-order valence-electron chi connectivity index (χ4n) is 2.39. The minimum atomic E-state index is 0.169. The third kappa shape index (κ3) is 4.87. The monoisotopic (exact) mass is 373 g/mol. The van der Waals surface area contributed by atoms with Gasteiger partial charge in [0.1, 0.15) is 0 Å². The molecule has 0 spiro atoms. The summed E-state index contributed by atoms with van der Waals surface area (Å²) >= 11 is 9.44. The van der Waals surface area contributed by atoms with E-state index in [0.717, 1.165) is 41.1 Å². The van der Waals surface area contributed by atoms with Gasteiger partial charge in [0.2, 0.25) is 5.91 Å². The molecule has 1 amide bonds. The Morgan fingerprint density at radius 3 is 2.67 bits per heavy atom. The van der Waals surface area contributed by atoms with E-state index in [1.165, 1.54) is 0 Å². The lowest BCUT2D eigenvalue weighted by Gasteiger charge is -2.33. The van der Waals surface area contributed by atoms with E-state index in [0.29, 0.717) is 12.6 Å². The largest absolute Gasteiger partial charge is 0.382 e. The van der Waals surface area contributed by atoms with E-state index in [1.807, 2.05) is 18.2 Å². The molecule has 0 radical (unpaired) electrons. The lowest BCUT2D eigenvalue weighted by Crippen LogP contribution is -2.43. The molecule has 1 aromatic carbocycles. The number of carbonyl (C=O) groups excluding carboxylic acids is 1. The summed E-state index contributed by atoms with van der Waals surface area (Å²) < 4.78 is 0.906. The molecule has 116 valence electrons. The van der Waals surface area contributed by atoms with Gasteiger partial charge >= 0.3 is 0 Å². The second-order valence-corrected chi connectivity index (χ2v) is 6.87. The van der Waals surface area contributed by atoms with Crippen molar-refractivity contribution >= 4 is 39.1 Å². The molecular formula is C15H21BrClN3O. The van der Waals surface area contributed by atoms with Gasteiger partial charge in [-0.3, -0.25) is 9.69 Å². The normalized spacial score (nSPS) is 16.8. The number of likely N-dealkylation sites (N-methyl/N-ethyl adjacent to an activating group) is 1. The smallest absolute Gasteiger partial charge is 0.236 e. The van der Waals surface area contributed by atoms with E-state index < -0.39 is 0 Å².